The van der Waals surface area contributed by atoms with Gasteiger partial charge < -0.3 is 10.2 Å². The zero-order valence-electron chi connectivity index (χ0n) is 12.9. The van der Waals surface area contributed by atoms with Crippen LogP contribution in [0.1, 0.15) is 0 Å². The third-order valence-electron chi connectivity index (χ3n) is 3.28. The Labute approximate surface area is 138 Å². The first-order valence-corrected chi connectivity index (χ1v) is 8.12. The van der Waals surface area contributed by atoms with Gasteiger partial charge in [0.05, 0.1) is 5.75 Å². The van der Waals surface area contributed by atoms with Crippen LogP contribution >= 0.6 is 11.8 Å². The molecule has 0 atom stereocenters. The average molecular weight is 327 g/mol. The normalized spacial score (nSPS) is 10.7. The number of pyridine rings is 1. The van der Waals surface area contributed by atoms with Crippen molar-refractivity contribution in [3.8, 4) is 0 Å². The molecular formula is C16H17N5OS. The summed E-state index contributed by atoms with van der Waals surface area (Å²) >= 11 is 1.36. The standard InChI is InChI=1S/C16H17N5OS/c1-20(2)13-8-6-12(7-9-13)17-15(22)11-23-16-19-18-14-5-3-4-10-21(14)16/h3-10H,11H2,1-2H3,(H,17,22). The Morgan fingerprint density at radius 3 is 2.70 bits per heavy atom. The van der Waals surface area contributed by atoms with Gasteiger partial charge in [-0.2, -0.15) is 0 Å². The van der Waals surface area contributed by atoms with Crippen LogP contribution < -0.4 is 10.2 Å². The first kappa shape index (κ1) is 15.4. The second-order valence-corrected chi connectivity index (χ2v) is 6.13. The van der Waals surface area contributed by atoms with Gasteiger partial charge in [0.2, 0.25) is 5.91 Å². The van der Waals surface area contributed by atoms with E-state index >= 15 is 0 Å². The fourth-order valence-corrected chi connectivity index (χ4v) is 2.81. The lowest BCUT2D eigenvalue weighted by Gasteiger charge is -2.12. The molecular weight excluding hydrogens is 310 g/mol. The van der Waals surface area contributed by atoms with E-state index in [0.717, 1.165) is 17.0 Å². The number of thioether (sulfide) groups is 1. The van der Waals surface area contributed by atoms with Gasteiger partial charge in [-0.15, -0.1) is 10.2 Å². The average Bonchev–Trinajstić information content (AvgIpc) is 2.97. The molecule has 6 nitrogen and oxygen atoms in total. The minimum absolute atomic E-state index is 0.0692. The number of rotatable bonds is 5. The van der Waals surface area contributed by atoms with Crippen LogP contribution in [0.2, 0.25) is 0 Å². The first-order valence-electron chi connectivity index (χ1n) is 7.13. The fourth-order valence-electron chi connectivity index (χ4n) is 2.09. The lowest BCUT2D eigenvalue weighted by atomic mass is 10.2. The van der Waals surface area contributed by atoms with Crippen molar-refractivity contribution in [3.63, 3.8) is 0 Å². The van der Waals surface area contributed by atoms with E-state index < -0.39 is 0 Å². The molecule has 0 spiro atoms. The van der Waals surface area contributed by atoms with Gasteiger partial charge in [0, 0.05) is 31.7 Å². The summed E-state index contributed by atoms with van der Waals surface area (Å²) in [7, 11) is 3.96. The Morgan fingerprint density at radius 1 is 1.17 bits per heavy atom. The van der Waals surface area contributed by atoms with Crippen molar-refractivity contribution in [2.24, 2.45) is 0 Å². The smallest absolute Gasteiger partial charge is 0.234 e. The topological polar surface area (TPSA) is 62.5 Å². The maximum Gasteiger partial charge on any atom is 0.234 e. The summed E-state index contributed by atoms with van der Waals surface area (Å²) in [5, 5.41) is 11.7. The summed E-state index contributed by atoms with van der Waals surface area (Å²) < 4.78 is 1.86. The Morgan fingerprint density at radius 2 is 1.96 bits per heavy atom. The van der Waals surface area contributed by atoms with E-state index in [4.69, 9.17) is 0 Å². The van der Waals surface area contributed by atoms with Crippen LogP contribution in [-0.2, 0) is 4.79 Å². The van der Waals surface area contributed by atoms with Crippen molar-refractivity contribution in [1.82, 2.24) is 14.6 Å². The number of nitrogens with zero attached hydrogens (tertiary/aromatic N) is 4. The van der Waals surface area contributed by atoms with Gasteiger partial charge in [-0.25, -0.2) is 0 Å². The molecule has 0 unspecified atom stereocenters. The number of carbonyl (C=O) groups excluding carboxylic acids is 1. The highest BCUT2D eigenvalue weighted by Crippen LogP contribution is 2.18. The SMILES string of the molecule is CN(C)c1ccc(NC(=O)CSc2nnc3ccccn23)cc1. The summed E-state index contributed by atoms with van der Waals surface area (Å²) in [4.78, 5) is 14.1. The van der Waals surface area contributed by atoms with Crippen molar-refractivity contribution < 1.29 is 4.79 Å². The second kappa shape index (κ2) is 6.70. The van der Waals surface area contributed by atoms with Crippen LogP contribution in [0, 0.1) is 0 Å². The van der Waals surface area contributed by atoms with E-state index in [2.05, 4.69) is 15.5 Å². The lowest BCUT2D eigenvalue weighted by Crippen LogP contribution is -2.14. The van der Waals surface area contributed by atoms with Crippen LogP contribution in [-0.4, -0.2) is 40.4 Å². The van der Waals surface area contributed by atoms with Crippen LogP contribution in [0.5, 0.6) is 0 Å². The Hall–Kier alpha value is -2.54. The van der Waals surface area contributed by atoms with E-state index in [-0.39, 0.29) is 11.7 Å². The molecule has 3 rings (SSSR count). The summed E-state index contributed by atoms with van der Waals surface area (Å²) in [5.41, 5.74) is 2.65. The molecule has 0 aliphatic heterocycles. The molecule has 1 aromatic carbocycles. The summed E-state index contributed by atoms with van der Waals surface area (Å²) in [6.45, 7) is 0. The van der Waals surface area contributed by atoms with Crippen LogP contribution in [0.25, 0.3) is 5.65 Å². The number of fused-ring (bicyclic) bond motifs is 1. The molecule has 3 aromatic rings. The van der Waals surface area contributed by atoms with Crippen molar-refractivity contribution in [3.05, 3.63) is 48.7 Å². The minimum atomic E-state index is -0.0692. The number of benzene rings is 1. The monoisotopic (exact) mass is 327 g/mol. The molecule has 118 valence electrons. The molecule has 2 aromatic heterocycles. The van der Waals surface area contributed by atoms with Crippen molar-refractivity contribution >= 4 is 34.7 Å². The Kier molecular flexibility index (Phi) is 4.47. The van der Waals surface area contributed by atoms with E-state index in [0.29, 0.717) is 5.16 Å². The largest absolute Gasteiger partial charge is 0.378 e. The first-order chi connectivity index (χ1) is 11.1. The molecule has 0 aliphatic rings. The number of hydrogen-bond acceptors (Lipinski definition) is 5. The molecule has 0 saturated heterocycles. The van der Waals surface area contributed by atoms with Crippen molar-refractivity contribution in [2.75, 3.05) is 30.1 Å². The highest BCUT2D eigenvalue weighted by Gasteiger charge is 2.09. The number of amides is 1. The predicted octanol–water partition coefficient (Wildman–Crippen LogP) is 2.53. The molecule has 7 heteroatoms. The van der Waals surface area contributed by atoms with Gasteiger partial charge in [-0.05, 0) is 36.4 Å². The minimum Gasteiger partial charge on any atom is -0.378 e. The number of carbonyl (C=O) groups is 1. The maximum atomic E-state index is 12.1. The predicted molar refractivity (Wildman–Crippen MR) is 93.1 cm³/mol. The van der Waals surface area contributed by atoms with Crippen LogP contribution in [0.3, 0.4) is 0 Å². The van der Waals surface area contributed by atoms with Crippen molar-refractivity contribution in [1.29, 1.82) is 0 Å². The van der Waals surface area contributed by atoms with E-state index in [1.807, 2.05) is 72.1 Å². The molecule has 1 N–H and O–H groups in total. The molecule has 23 heavy (non-hydrogen) atoms. The van der Waals surface area contributed by atoms with E-state index in [1.54, 1.807) is 0 Å². The van der Waals surface area contributed by atoms with E-state index in [9.17, 15) is 4.79 Å². The molecule has 0 fully saturated rings. The summed E-state index contributed by atoms with van der Waals surface area (Å²) in [6.07, 6.45) is 1.88. The highest BCUT2D eigenvalue weighted by molar-refractivity contribution is 7.99. The molecule has 2 heterocycles. The van der Waals surface area contributed by atoms with Gasteiger partial charge in [0.1, 0.15) is 0 Å². The number of aromatic nitrogens is 3. The molecule has 0 bridgehead atoms. The van der Waals surface area contributed by atoms with Gasteiger partial charge in [0.25, 0.3) is 0 Å². The Balaban J connectivity index is 1.59. The summed E-state index contributed by atoms with van der Waals surface area (Å²) in [6, 6.07) is 13.4. The van der Waals surface area contributed by atoms with Gasteiger partial charge in [-0.1, -0.05) is 17.8 Å². The number of anilines is 2. The summed E-state index contributed by atoms with van der Waals surface area (Å²) in [5.74, 6) is 0.214. The van der Waals surface area contributed by atoms with Gasteiger partial charge >= 0.3 is 0 Å². The van der Waals surface area contributed by atoms with Crippen LogP contribution in [0.4, 0.5) is 11.4 Å². The van der Waals surface area contributed by atoms with E-state index in [1.165, 1.54) is 11.8 Å². The molecule has 0 saturated carbocycles. The number of hydrogen-bond donors (Lipinski definition) is 1. The quantitative estimate of drug-likeness (QED) is 0.730. The third kappa shape index (κ3) is 3.62. The second-order valence-electron chi connectivity index (χ2n) is 5.19. The zero-order chi connectivity index (χ0) is 16.2. The number of nitrogens with one attached hydrogen (secondary N) is 1. The third-order valence-corrected chi connectivity index (χ3v) is 4.23. The zero-order valence-corrected chi connectivity index (χ0v) is 13.7. The highest BCUT2D eigenvalue weighted by atomic mass is 32.2. The van der Waals surface area contributed by atoms with Crippen LogP contribution in [0.15, 0.2) is 53.8 Å². The Bertz CT molecular complexity index is 813. The van der Waals surface area contributed by atoms with Gasteiger partial charge in [0.15, 0.2) is 10.8 Å². The molecule has 0 aliphatic carbocycles. The van der Waals surface area contributed by atoms with Gasteiger partial charge in [-0.3, -0.25) is 9.20 Å². The molecule has 0 radical (unpaired) electrons. The maximum absolute atomic E-state index is 12.1. The van der Waals surface area contributed by atoms with Crippen molar-refractivity contribution in [2.45, 2.75) is 5.16 Å². The fraction of sp³-hybridized carbons (Fsp3) is 0.188. The lowest BCUT2D eigenvalue weighted by molar-refractivity contribution is -0.113. The molecule has 1 amide bonds.